The highest BCUT2D eigenvalue weighted by Gasteiger charge is 2.35. The van der Waals surface area contributed by atoms with Crippen molar-refractivity contribution in [3.05, 3.63) is 127 Å². The summed E-state index contributed by atoms with van der Waals surface area (Å²) in [5.74, 6) is 1.99. The molecule has 0 bridgehead atoms. The van der Waals surface area contributed by atoms with Gasteiger partial charge < -0.3 is 4.57 Å². The number of hydrogen-bond donors (Lipinski definition) is 0. The normalized spacial score (nSPS) is 13.4. The van der Waals surface area contributed by atoms with Gasteiger partial charge in [0.1, 0.15) is 0 Å². The summed E-state index contributed by atoms with van der Waals surface area (Å²) in [5.41, 5.74) is 8.73. The molecule has 1 aliphatic heterocycles. The van der Waals surface area contributed by atoms with Crippen molar-refractivity contribution >= 4 is 21.8 Å². The molecule has 7 aromatic rings. The lowest BCUT2D eigenvalue weighted by Gasteiger charge is -2.35. The summed E-state index contributed by atoms with van der Waals surface area (Å²) < 4.78 is 2.37. The van der Waals surface area contributed by atoms with E-state index < -0.39 is 0 Å². The number of nitrogens with zero attached hydrogens (tertiary/aromatic N) is 5. The van der Waals surface area contributed by atoms with Crippen molar-refractivity contribution < 1.29 is 0 Å². The van der Waals surface area contributed by atoms with E-state index in [1.54, 1.807) is 0 Å². The molecule has 0 saturated carbocycles. The third-order valence-electron chi connectivity index (χ3n) is 8.11. The molecule has 0 radical (unpaired) electrons. The minimum Gasteiger partial charge on any atom is -0.307 e. The van der Waals surface area contributed by atoms with Crippen LogP contribution in [0.3, 0.4) is 0 Å². The molecule has 5 heteroatoms. The molecule has 0 N–H and O–H groups in total. The lowest BCUT2D eigenvalue weighted by Crippen LogP contribution is -2.26. The summed E-state index contributed by atoms with van der Waals surface area (Å²) in [6.45, 7) is 4.62. The van der Waals surface area contributed by atoms with Crippen LogP contribution in [0.4, 0.5) is 0 Å². The fourth-order valence-corrected chi connectivity index (χ4v) is 6.13. The van der Waals surface area contributed by atoms with Gasteiger partial charge in [0.05, 0.1) is 22.9 Å². The first-order valence-electron chi connectivity index (χ1n) is 13.5. The molecular formula is C35H25N5. The van der Waals surface area contributed by atoms with Crippen LogP contribution in [-0.2, 0) is 5.41 Å². The van der Waals surface area contributed by atoms with Crippen molar-refractivity contribution in [1.29, 1.82) is 0 Å². The molecule has 0 fully saturated rings. The quantitative estimate of drug-likeness (QED) is 0.239. The van der Waals surface area contributed by atoms with Crippen molar-refractivity contribution in [2.75, 3.05) is 0 Å². The average Bonchev–Trinajstić information content (AvgIpc) is 3.35. The van der Waals surface area contributed by atoms with Crippen molar-refractivity contribution in [2.45, 2.75) is 19.3 Å². The molecule has 0 spiro atoms. The van der Waals surface area contributed by atoms with Crippen molar-refractivity contribution in [3.8, 4) is 39.9 Å². The molecule has 40 heavy (non-hydrogen) atoms. The number of hydrogen-bond acceptors (Lipinski definition) is 4. The molecule has 3 aromatic heterocycles. The van der Waals surface area contributed by atoms with Gasteiger partial charge in [0.2, 0.25) is 0 Å². The van der Waals surface area contributed by atoms with Crippen LogP contribution in [0.25, 0.3) is 61.7 Å². The summed E-state index contributed by atoms with van der Waals surface area (Å²) in [6, 6.07) is 35.6. The van der Waals surface area contributed by atoms with E-state index >= 15 is 0 Å². The maximum Gasteiger partial charge on any atom is 0.164 e. The Hall–Kier alpha value is -5.16. The maximum absolute atomic E-state index is 5.04. The Bertz CT molecular complexity index is 2020. The molecular weight excluding hydrogens is 490 g/mol. The third kappa shape index (κ3) is 3.27. The van der Waals surface area contributed by atoms with Gasteiger partial charge in [-0.2, -0.15) is 0 Å². The number of para-hydroxylation sites is 1. The van der Waals surface area contributed by atoms with Gasteiger partial charge in [-0.25, -0.2) is 15.0 Å². The van der Waals surface area contributed by atoms with Gasteiger partial charge in [0, 0.05) is 39.1 Å². The summed E-state index contributed by atoms with van der Waals surface area (Å²) in [4.78, 5) is 19.5. The fourth-order valence-electron chi connectivity index (χ4n) is 6.13. The molecule has 0 aliphatic carbocycles. The van der Waals surface area contributed by atoms with Gasteiger partial charge in [-0.05, 0) is 35.4 Å². The van der Waals surface area contributed by atoms with Crippen LogP contribution in [0.2, 0.25) is 0 Å². The Balaban J connectivity index is 1.46. The van der Waals surface area contributed by atoms with Gasteiger partial charge in [0.15, 0.2) is 17.5 Å². The molecule has 1 aliphatic rings. The van der Waals surface area contributed by atoms with Gasteiger partial charge in [-0.15, -0.1) is 0 Å². The van der Waals surface area contributed by atoms with Gasteiger partial charge >= 0.3 is 0 Å². The molecule has 0 atom stereocenters. The van der Waals surface area contributed by atoms with Crippen LogP contribution in [0, 0.1) is 0 Å². The zero-order valence-corrected chi connectivity index (χ0v) is 22.2. The maximum atomic E-state index is 5.04. The Morgan fingerprint density at radius 2 is 1.18 bits per heavy atom. The smallest absolute Gasteiger partial charge is 0.164 e. The highest BCUT2D eigenvalue weighted by Crippen LogP contribution is 2.48. The summed E-state index contributed by atoms with van der Waals surface area (Å²) >= 11 is 0. The van der Waals surface area contributed by atoms with Crippen LogP contribution in [0.1, 0.15) is 25.0 Å². The van der Waals surface area contributed by atoms with Crippen molar-refractivity contribution in [1.82, 2.24) is 24.5 Å². The van der Waals surface area contributed by atoms with Crippen LogP contribution >= 0.6 is 0 Å². The second kappa shape index (κ2) is 8.42. The second-order valence-electron chi connectivity index (χ2n) is 10.8. The van der Waals surface area contributed by atoms with E-state index in [4.69, 9.17) is 15.0 Å². The first-order chi connectivity index (χ1) is 19.6. The zero-order valence-electron chi connectivity index (χ0n) is 22.2. The largest absolute Gasteiger partial charge is 0.307 e. The SMILES string of the molecule is CC1(C)c2ccccc2-n2c3cnccc3c3cc(-c4nc(-c5ccccc5)nc(-c5ccccc5)n4)cc1c32. The summed E-state index contributed by atoms with van der Waals surface area (Å²) in [6.07, 6.45) is 3.84. The fraction of sp³-hybridized carbons (Fsp3) is 0.0857. The molecule has 4 heterocycles. The van der Waals surface area contributed by atoms with E-state index in [-0.39, 0.29) is 5.41 Å². The van der Waals surface area contributed by atoms with Gasteiger partial charge in [0.25, 0.3) is 0 Å². The standard InChI is InChI=1S/C35H25N5/c1-35(2)27-15-9-10-16-29(27)40-30-21-36-18-17-25(30)26-19-24(20-28(35)31(26)40)34-38-32(22-11-5-3-6-12-22)37-33(39-34)23-13-7-4-8-14-23/h3-21H,1-2H3. The first kappa shape index (κ1) is 22.8. The van der Waals surface area contributed by atoms with E-state index in [1.807, 2.05) is 73.1 Å². The molecule has 190 valence electrons. The van der Waals surface area contributed by atoms with E-state index in [1.165, 1.54) is 33.1 Å². The van der Waals surface area contributed by atoms with Crippen molar-refractivity contribution in [2.24, 2.45) is 0 Å². The van der Waals surface area contributed by atoms with Crippen LogP contribution in [-0.4, -0.2) is 24.5 Å². The van der Waals surface area contributed by atoms with E-state index in [2.05, 4.69) is 65.9 Å². The van der Waals surface area contributed by atoms with Gasteiger partial charge in [-0.3, -0.25) is 4.98 Å². The molecule has 0 saturated heterocycles. The summed E-state index contributed by atoms with van der Waals surface area (Å²) in [7, 11) is 0. The average molecular weight is 516 g/mol. The molecule has 0 unspecified atom stereocenters. The monoisotopic (exact) mass is 515 g/mol. The predicted octanol–water partition coefficient (Wildman–Crippen LogP) is 8.00. The van der Waals surface area contributed by atoms with Crippen molar-refractivity contribution in [3.63, 3.8) is 0 Å². The molecule has 4 aromatic carbocycles. The first-order valence-corrected chi connectivity index (χ1v) is 13.5. The number of aromatic nitrogens is 5. The molecule has 8 rings (SSSR count). The zero-order chi connectivity index (χ0) is 26.8. The minimum atomic E-state index is -0.222. The topological polar surface area (TPSA) is 56.5 Å². The van der Waals surface area contributed by atoms with Crippen LogP contribution < -0.4 is 0 Å². The van der Waals surface area contributed by atoms with Crippen LogP contribution in [0.5, 0.6) is 0 Å². The highest BCUT2D eigenvalue weighted by atomic mass is 15.0. The number of pyridine rings is 1. The molecule has 5 nitrogen and oxygen atoms in total. The lowest BCUT2D eigenvalue weighted by atomic mass is 9.74. The van der Waals surface area contributed by atoms with E-state index in [0.717, 1.165) is 22.2 Å². The van der Waals surface area contributed by atoms with E-state index in [0.29, 0.717) is 17.5 Å². The Kier molecular flexibility index (Phi) is 4.80. The lowest BCUT2D eigenvalue weighted by molar-refractivity contribution is 0.630. The Morgan fingerprint density at radius 3 is 1.85 bits per heavy atom. The third-order valence-corrected chi connectivity index (χ3v) is 8.11. The number of rotatable bonds is 3. The number of fused-ring (bicyclic) bond motifs is 5. The summed E-state index contributed by atoms with van der Waals surface area (Å²) in [5, 5.41) is 2.34. The Labute approximate surface area is 231 Å². The predicted molar refractivity (Wildman–Crippen MR) is 160 cm³/mol. The minimum absolute atomic E-state index is 0.222. The number of benzene rings is 4. The Morgan fingerprint density at radius 1 is 0.575 bits per heavy atom. The van der Waals surface area contributed by atoms with Crippen LogP contribution in [0.15, 0.2) is 116 Å². The highest BCUT2D eigenvalue weighted by molar-refractivity contribution is 6.12. The van der Waals surface area contributed by atoms with E-state index in [9.17, 15) is 0 Å². The second-order valence-corrected chi connectivity index (χ2v) is 10.8. The van der Waals surface area contributed by atoms with Gasteiger partial charge in [-0.1, -0.05) is 92.7 Å². The molecule has 0 amide bonds.